The monoisotopic (exact) mass is 260 g/mol. The van der Waals surface area contributed by atoms with Gasteiger partial charge in [-0.05, 0) is 30.0 Å². The second kappa shape index (κ2) is 4.53. The van der Waals surface area contributed by atoms with E-state index in [2.05, 4.69) is 17.4 Å². The minimum absolute atomic E-state index is 0.0404. The van der Waals surface area contributed by atoms with Crippen LogP contribution in [0.2, 0.25) is 0 Å². The zero-order valence-electron chi connectivity index (χ0n) is 11.3. The van der Waals surface area contributed by atoms with Gasteiger partial charge in [-0.3, -0.25) is 4.79 Å². The number of anilines is 1. The van der Waals surface area contributed by atoms with Gasteiger partial charge in [0.2, 0.25) is 5.91 Å². The van der Waals surface area contributed by atoms with Crippen LogP contribution < -0.4 is 15.8 Å². The zero-order chi connectivity index (χ0) is 13.5. The average molecular weight is 260 g/mol. The number of hydrogen-bond donors (Lipinski definition) is 2. The van der Waals surface area contributed by atoms with Gasteiger partial charge in [-0.25, -0.2) is 0 Å². The van der Waals surface area contributed by atoms with E-state index >= 15 is 0 Å². The van der Waals surface area contributed by atoms with Crippen molar-refractivity contribution in [3.8, 4) is 5.75 Å². The summed E-state index contributed by atoms with van der Waals surface area (Å²) in [6.07, 6.45) is 5.17. The van der Waals surface area contributed by atoms with Gasteiger partial charge < -0.3 is 15.8 Å². The number of fused-ring (bicyclic) bond motifs is 1. The Hall–Kier alpha value is -1.55. The maximum atomic E-state index is 11.6. The summed E-state index contributed by atoms with van der Waals surface area (Å²) in [6, 6.07) is 4.20. The van der Waals surface area contributed by atoms with Crippen LogP contribution >= 0.6 is 0 Å². The van der Waals surface area contributed by atoms with Crippen molar-refractivity contribution >= 4 is 11.6 Å². The molecule has 1 aromatic carbocycles. The molecule has 3 rings (SSSR count). The Bertz CT molecular complexity index is 519. The second-order valence-corrected chi connectivity index (χ2v) is 5.63. The molecule has 3 N–H and O–H groups in total. The SMILES string of the molecule is COc1cc(C2(CN)CCCC2)cc2c1NC(=O)C2. The molecule has 1 fully saturated rings. The summed E-state index contributed by atoms with van der Waals surface area (Å²) >= 11 is 0. The zero-order valence-corrected chi connectivity index (χ0v) is 11.3. The third kappa shape index (κ3) is 1.91. The van der Waals surface area contributed by atoms with Crippen LogP contribution in [0.3, 0.4) is 0 Å². The van der Waals surface area contributed by atoms with Crippen LogP contribution in [-0.2, 0) is 16.6 Å². The van der Waals surface area contributed by atoms with E-state index in [1.807, 2.05) is 0 Å². The van der Waals surface area contributed by atoms with Crippen molar-refractivity contribution in [1.82, 2.24) is 0 Å². The largest absolute Gasteiger partial charge is 0.495 e. The lowest BCUT2D eigenvalue weighted by Gasteiger charge is -2.29. The maximum absolute atomic E-state index is 11.6. The normalized spacial score (nSPS) is 20.2. The standard InChI is InChI=1S/C15H20N2O2/c1-19-12-8-11(15(9-16)4-2-3-5-15)6-10-7-13(18)17-14(10)12/h6,8H,2-5,7,9,16H2,1H3,(H,17,18). The number of ether oxygens (including phenoxy) is 1. The third-order valence-electron chi connectivity index (χ3n) is 4.58. The molecule has 19 heavy (non-hydrogen) atoms. The van der Waals surface area contributed by atoms with Gasteiger partial charge in [-0.2, -0.15) is 0 Å². The van der Waals surface area contributed by atoms with Gasteiger partial charge in [-0.15, -0.1) is 0 Å². The van der Waals surface area contributed by atoms with Gasteiger partial charge in [0.25, 0.3) is 0 Å². The van der Waals surface area contributed by atoms with Gasteiger partial charge in [0.05, 0.1) is 19.2 Å². The molecule has 0 unspecified atom stereocenters. The maximum Gasteiger partial charge on any atom is 0.228 e. The molecule has 1 saturated carbocycles. The van der Waals surface area contributed by atoms with Crippen molar-refractivity contribution in [3.63, 3.8) is 0 Å². The van der Waals surface area contributed by atoms with Gasteiger partial charge >= 0.3 is 0 Å². The number of nitrogens with one attached hydrogen (secondary N) is 1. The minimum atomic E-state index is 0.0404. The smallest absolute Gasteiger partial charge is 0.228 e. The first-order valence-electron chi connectivity index (χ1n) is 6.90. The van der Waals surface area contributed by atoms with Crippen molar-refractivity contribution < 1.29 is 9.53 Å². The highest BCUT2D eigenvalue weighted by Crippen LogP contribution is 2.44. The summed E-state index contributed by atoms with van der Waals surface area (Å²) in [5.41, 5.74) is 9.23. The summed E-state index contributed by atoms with van der Waals surface area (Å²) in [5.74, 6) is 0.803. The molecule has 1 aliphatic carbocycles. The highest BCUT2D eigenvalue weighted by molar-refractivity contribution is 6.01. The predicted octanol–water partition coefficient (Wildman–Crippen LogP) is 1.96. The number of hydrogen-bond acceptors (Lipinski definition) is 3. The molecule has 1 heterocycles. The van der Waals surface area contributed by atoms with E-state index in [1.165, 1.54) is 18.4 Å². The predicted molar refractivity (Wildman–Crippen MR) is 74.5 cm³/mol. The topological polar surface area (TPSA) is 64.3 Å². The quantitative estimate of drug-likeness (QED) is 0.873. The van der Waals surface area contributed by atoms with Crippen molar-refractivity contribution in [3.05, 3.63) is 23.3 Å². The molecule has 2 aliphatic rings. The van der Waals surface area contributed by atoms with E-state index in [9.17, 15) is 4.79 Å². The second-order valence-electron chi connectivity index (χ2n) is 5.63. The molecule has 1 aromatic rings. The minimum Gasteiger partial charge on any atom is -0.495 e. The summed E-state index contributed by atoms with van der Waals surface area (Å²) in [5, 5.41) is 2.87. The molecule has 4 heteroatoms. The lowest BCUT2D eigenvalue weighted by molar-refractivity contribution is -0.115. The molecule has 1 aliphatic heterocycles. The Balaban J connectivity index is 2.08. The molecule has 0 radical (unpaired) electrons. The van der Waals surface area contributed by atoms with Gasteiger partial charge in [0.1, 0.15) is 5.75 Å². The van der Waals surface area contributed by atoms with E-state index in [0.717, 1.165) is 29.8 Å². The van der Waals surface area contributed by atoms with Crippen LogP contribution in [0.15, 0.2) is 12.1 Å². The lowest BCUT2D eigenvalue weighted by Crippen LogP contribution is -2.32. The van der Waals surface area contributed by atoms with Crippen molar-refractivity contribution in [2.45, 2.75) is 37.5 Å². The number of carbonyl (C=O) groups excluding carboxylic acids is 1. The van der Waals surface area contributed by atoms with Crippen LogP contribution in [0, 0.1) is 0 Å². The van der Waals surface area contributed by atoms with E-state index in [0.29, 0.717) is 13.0 Å². The Kier molecular flexibility index (Phi) is 2.97. The molecule has 0 atom stereocenters. The Morgan fingerprint density at radius 3 is 2.74 bits per heavy atom. The molecule has 0 saturated heterocycles. The molecule has 0 bridgehead atoms. The molecule has 1 amide bonds. The van der Waals surface area contributed by atoms with Crippen molar-refractivity contribution in [2.75, 3.05) is 19.0 Å². The van der Waals surface area contributed by atoms with Gasteiger partial charge in [0.15, 0.2) is 0 Å². The van der Waals surface area contributed by atoms with Crippen LogP contribution in [0.25, 0.3) is 0 Å². The first-order chi connectivity index (χ1) is 9.18. The molecule has 0 spiro atoms. The number of nitrogens with two attached hydrogens (primary N) is 1. The van der Waals surface area contributed by atoms with Gasteiger partial charge in [-0.1, -0.05) is 18.9 Å². The Morgan fingerprint density at radius 1 is 1.37 bits per heavy atom. The Labute approximate surface area is 113 Å². The number of carbonyl (C=O) groups is 1. The van der Waals surface area contributed by atoms with Crippen LogP contribution in [0.4, 0.5) is 5.69 Å². The number of benzene rings is 1. The summed E-state index contributed by atoms with van der Waals surface area (Å²) in [4.78, 5) is 11.6. The van der Waals surface area contributed by atoms with Gasteiger partial charge in [0, 0.05) is 12.0 Å². The van der Waals surface area contributed by atoms with E-state index in [-0.39, 0.29) is 11.3 Å². The fourth-order valence-corrected chi connectivity index (χ4v) is 3.44. The lowest BCUT2D eigenvalue weighted by atomic mass is 9.78. The first kappa shape index (κ1) is 12.5. The van der Waals surface area contributed by atoms with Crippen molar-refractivity contribution in [2.24, 2.45) is 5.73 Å². The van der Waals surface area contributed by atoms with E-state index in [4.69, 9.17) is 10.5 Å². The number of methoxy groups -OCH3 is 1. The number of rotatable bonds is 3. The molecular weight excluding hydrogens is 240 g/mol. The average Bonchev–Trinajstić information content (AvgIpc) is 3.03. The molecule has 102 valence electrons. The molecule has 4 nitrogen and oxygen atoms in total. The number of amides is 1. The fraction of sp³-hybridized carbons (Fsp3) is 0.533. The summed E-state index contributed by atoms with van der Waals surface area (Å²) in [7, 11) is 1.65. The Morgan fingerprint density at radius 2 is 2.11 bits per heavy atom. The first-order valence-corrected chi connectivity index (χ1v) is 6.90. The highest BCUT2D eigenvalue weighted by atomic mass is 16.5. The van der Waals surface area contributed by atoms with Crippen molar-refractivity contribution in [1.29, 1.82) is 0 Å². The third-order valence-corrected chi connectivity index (χ3v) is 4.58. The fourth-order valence-electron chi connectivity index (χ4n) is 3.44. The summed E-state index contributed by atoms with van der Waals surface area (Å²) in [6.45, 7) is 0.663. The van der Waals surface area contributed by atoms with Crippen LogP contribution in [-0.4, -0.2) is 19.6 Å². The molecule has 0 aromatic heterocycles. The van der Waals surface area contributed by atoms with E-state index < -0.39 is 0 Å². The van der Waals surface area contributed by atoms with Crippen LogP contribution in [0.1, 0.15) is 36.8 Å². The molecular formula is C15H20N2O2. The van der Waals surface area contributed by atoms with Crippen LogP contribution in [0.5, 0.6) is 5.75 Å². The van der Waals surface area contributed by atoms with E-state index in [1.54, 1.807) is 7.11 Å². The summed E-state index contributed by atoms with van der Waals surface area (Å²) < 4.78 is 5.44. The highest BCUT2D eigenvalue weighted by Gasteiger charge is 2.36.